The van der Waals surface area contributed by atoms with Gasteiger partial charge in [0.15, 0.2) is 0 Å². The number of piperazine rings is 1. The highest BCUT2D eigenvalue weighted by molar-refractivity contribution is 6.31. The third kappa shape index (κ3) is 3.88. The smallest absolute Gasteiger partial charge is 0.225 e. The standard InChI is InChI=1S/C19H25ClN4O/c1-13-10-14(2)24(22-13)15(3)11-19(25)23-9-8-21-12-18(23)16-6-4-5-7-17(16)20/h4-7,10,15,18,21H,8-9,11-12H2,1-3H3. The van der Waals surface area contributed by atoms with Crippen molar-refractivity contribution in [2.75, 3.05) is 19.6 Å². The molecule has 0 bridgehead atoms. The van der Waals surface area contributed by atoms with E-state index in [0.717, 1.165) is 30.0 Å². The first-order valence-corrected chi connectivity index (χ1v) is 9.12. The number of carbonyl (C=O) groups excluding carboxylic acids is 1. The lowest BCUT2D eigenvalue weighted by molar-refractivity contribution is -0.135. The predicted molar refractivity (Wildman–Crippen MR) is 99.8 cm³/mol. The Kier molecular flexibility index (Phi) is 5.45. The molecule has 1 N–H and O–H groups in total. The summed E-state index contributed by atoms with van der Waals surface area (Å²) in [6.45, 7) is 8.27. The van der Waals surface area contributed by atoms with Gasteiger partial charge in [-0.2, -0.15) is 5.10 Å². The highest BCUT2D eigenvalue weighted by Crippen LogP contribution is 2.29. The van der Waals surface area contributed by atoms with Gasteiger partial charge in [-0.3, -0.25) is 9.48 Å². The summed E-state index contributed by atoms with van der Waals surface area (Å²) in [5.74, 6) is 0.145. The summed E-state index contributed by atoms with van der Waals surface area (Å²) < 4.78 is 1.94. The minimum Gasteiger partial charge on any atom is -0.333 e. The van der Waals surface area contributed by atoms with E-state index in [1.807, 2.05) is 60.7 Å². The molecule has 0 saturated carbocycles. The molecule has 25 heavy (non-hydrogen) atoms. The number of aryl methyl sites for hydroxylation is 2. The van der Waals surface area contributed by atoms with Crippen LogP contribution < -0.4 is 5.32 Å². The van der Waals surface area contributed by atoms with E-state index in [2.05, 4.69) is 10.4 Å². The highest BCUT2D eigenvalue weighted by atomic mass is 35.5. The molecule has 6 heteroatoms. The number of benzene rings is 1. The molecule has 0 spiro atoms. The Morgan fingerprint density at radius 1 is 1.40 bits per heavy atom. The van der Waals surface area contributed by atoms with Crippen molar-refractivity contribution in [3.63, 3.8) is 0 Å². The zero-order valence-corrected chi connectivity index (χ0v) is 15.8. The topological polar surface area (TPSA) is 50.2 Å². The fourth-order valence-corrected chi connectivity index (χ4v) is 3.84. The van der Waals surface area contributed by atoms with Gasteiger partial charge in [0.25, 0.3) is 0 Å². The van der Waals surface area contributed by atoms with Crippen molar-refractivity contribution in [3.8, 4) is 0 Å². The van der Waals surface area contributed by atoms with Crippen LogP contribution in [0.15, 0.2) is 30.3 Å². The minimum atomic E-state index is -0.0254. The van der Waals surface area contributed by atoms with Crippen LogP contribution in [0.3, 0.4) is 0 Å². The SMILES string of the molecule is Cc1cc(C)n(C(C)CC(=O)N2CCNCC2c2ccccc2Cl)n1. The Balaban J connectivity index is 1.77. The minimum absolute atomic E-state index is 0.0254. The molecule has 2 heterocycles. The normalized spacial score (nSPS) is 19.0. The number of aromatic nitrogens is 2. The van der Waals surface area contributed by atoms with Crippen molar-refractivity contribution < 1.29 is 4.79 Å². The van der Waals surface area contributed by atoms with Crippen molar-refractivity contribution in [3.05, 3.63) is 52.3 Å². The first-order valence-electron chi connectivity index (χ1n) is 8.74. The maximum atomic E-state index is 13.0. The maximum absolute atomic E-state index is 13.0. The molecule has 1 aliphatic rings. The van der Waals surface area contributed by atoms with Crippen LogP contribution in [0, 0.1) is 13.8 Å². The average Bonchev–Trinajstić information content (AvgIpc) is 2.94. The second-order valence-corrected chi connectivity index (χ2v) is 7.16. The molecule has 2 unspecified atom stereocenters. The van der Waals surface area contributed by atoms with Gasteiger partial charge in [-0.05, 0) is 38.5 Å². The molecule has 3 rings (SSSR count). The molecular weight excluding hydrogens is 336 g/mol. The predicted octanol–water partition coefficient (Wildman–Crippen LogP) is 3.28. The molecule has 1 aromatic heterocycles. The van der Waals surface area contributed by atoms with E-state index < -0.39 is 0 Å². The van der Waals surface area contributed by atoms with Crippen LogP contribution in [0.1, 0.15) is 42.4 Å². The zero-order valence-electron chi connectivity index (χ0n) is 15.0. The first kappa shape index (κ1) is 18.0. The number of nitrogens with zero attached hydrogens (tertiary/aromatic N) is 3. The molecule has 0 aliphatic carbocycles. The third-order valence-electron chi connectivity index (χ3n) is 4.76. The van der Waals surface area contributed by atoms with Gasteiger partial charge in [0.2, 0.25) is 5.91 Å². The third-order valence-corrected chi connectivity index (χ3v) is 5.10. The summed E-state index contributed by atoms with van der Waals surface area (Å²) in [5.41, 5.74) is 3.07. The van der Waals surface area contributed by atoms with Gasteiger partial charge in [0.1, 0.15) is 0 Å². The van der Waals surface area contributed by atoms with E-state index in [1.165, 1.54) is 0 Å². The second-order valence-electron chi connectivity index (χ2n) is 6.75. The lowest BCUT2D eigenvalue weighted by Crippen LogP contribution is -2.49. The van der Waals surface area contributed by atoms with Crippen molar-refractivity contribution in [1.82, 2.24) is 20.0 Å². The number of hydrogen-bond acceptors (Lipinski definition) is 3. The first-order chi connectivity index (χ1) is 12.0. The van der Waals surface area contributed by atoms with E-state index in [-0.39, 0.29) is 18.0 Å². The fourth-order valence-electron chi connectivity index (χ4n) is 3.57. The molecule has 2 aromatic rings. The van der Waals surface area contributed by atoms with Crippen LogP contribution in [0.5, 0.6) is 0 Å². The Morgan fingerprint density at radius 2 is 2.16 bits per heavy atom. The van der Waals surface area contributed by atoms with Gasteiger partial charge in [-0.1, -0.05) is 29.8 Å². The molecule has 1 saturated heterocycles. The molecule has 1 amide bonds. The van der Waals surface area contributed by atoms with E-state index >= 15 is 0 Å². The van der Waals surface area contributed by atoms with Crippen molar-refractivity contribution in [1.29, 1.82) is 0 Å². The van der Waals surface area contributed by atoms with Gasteiger partial charge in [-0.15, -0.1) is 0 Å². The number of hydrogen-bond donors (Lipinski definition) is 1. The summed E-state index contributed by atoms with van der Waals surface area (Å²) >= 11 is 6.37. The monoisotopic (exact) mass is 360 g/mol. The molecule has 1 fully saturated rings. The molecule has 0 radical (unpaired) electrons. The summed E-state index contributed by atoms with van der Waals surface area (Å²) in [6.07, 6.45) is 0.433. The quantitative estimate of drug-likeness (QED) is 0.910. The number of carbonyl (C=O) groups is 1. The molecule has 5 nitrogen and oxygen atoms in total. The van der Waals surface area contributed by atoms with E-state index in [1.54, 1.807) is 0 Å². The Hall–Kier alpha value is -1.85. The fraction of sp³-hybridized carbons (Fsp3) is 0.474. The summed E-state index contributed by atoms with van der Waals surface area (Å²) in [7, 11) is 0. The summed E-state index contributed by atoms with van der Waals surface area (Å²) in [5, 5.41) is 8.59. The molecule has 2 atom stereocenters. The van der Waals surface area contributed by atoms with Crippen molar-refractivity contribution in [2.45, 2.75) is 39.3 Å². The van der Waals surface area contributed by atoms with Crippen molar-refractivity contribution in [2.24, 2.45) is 0 Å². The van der Waals surface area contributed by atoms with Crippen LogP contribution in [0.2, 0.25) is 5.02 Å². The average molecular weight is 361 g/mol. The Labute approximate surface area is 154 Å². The van der Waals surface area contributed by atoms with E-state index in [9.17, 15) is 4.79 Å². The van der Waals surface area contributed by atoms with Crippen LogP contribution >= 0.6 is 11.6 Å². The number of amides is 1. The molecule has 1 aromatic carbocycles. The Bertz CT molecular complexity index is 758. The van der Waals surface area contributed by atoms with Gasteiger partial charge in [0, 0.05) is 36.8 Å². The second kappa shape index (κ2) is 7.58. The highest BCUT2D eigenvalue weighted by Gasteiger charge is 2.30. The number of nitrogens with one attached hydrogen (secondary N) is 1. The van der Waals surface area contributed by atoms with Gasteiger partial charge >= 0.3 is 0 Å². The lowest BCUT2D eigenvalue weighted by Gasteiger charge is -2.37. The van der Waals surface area contributed by atoms with Crippen molar-refractivity contribution >= 4 is 17.5 Å². The number of rotatable bonds is 4. The largest absolute Gasteiger partial charge is 0.333 e. The molecule has 1 aliphatic heterocycles. The van der Waals surface area contributed by atoms with Gasteiger partial charge < -0.3 is 10.2 Å². The summed E-state index contributed by atoms with van der Waals surface area (Å²) in [4.78, 5) is 15.0. The van der Waals surface area contributed by atoms with E-state index in [4.69, 9.17) is 11.6 Å². The maximum Gasteiger partial charge on any atom is 0.225 e. The van der Waals surface area contributed by atoms with Crippen LogP contribution in [0.4, 0.5) is 0 Å². The molecular formula is C19H25ClN4O. The van der Waals surface area contributed by atoms with Gasteiger partial charge in [0.05, 0.1) is 17.8 Å². The van der Waals surface area contributed by atoms with Crippen LogP contribution in [-0.4, -0.2) is 40.2 Å². The lowest BCUT2D eigenvalue weighted by atomic mass is 10.0. The summed E-state index contributed by atoms with van der Waals surface area (Å²) in [6, 6.07) is 9.82. The molecule has 134 valence electrons. The number of halogens is 1. The van der Waals surface area contributed by atoms with Crippen LogP contribution in [-0.2, 0) is 4.79 Å². The van der Waals surface area contributed by atoms with Gasteiger partial charge in [-0.25, -0.2) is 0 Å². The Morgan fingerprint density at radius 3 is 2.84 bits per heavy atom. The zero-order chi connectivity index (χ0) is 18.0. The van der Waals surface area contributed by atoms with Crippen LogP contribution in [0.25, 0.3) is 0 Å². The van der Waals surface area contributed by atoms with E-state index in [0.29, 0.717) is 18.0 Å².